The van der Waals surface area contributed by atoms with Gasteiger partial charge >= 0.3 is 0 Å². The number of piperidine rings is 1. The van der Waals surface area contributed by atoms with E-state index in [2.05, 4.69) is 17.1 Å². The van der Waals surface area contributed by atoms with Gasteiger partial charge in [0.25, 0.3) is 0 Å². The summed E-state index contributed by atoms with van der Waals surface area (Å²) in [6.45, 7) is 4.18. The summed E-state index contributed by atoms with van der Waals surface area (Å²) in [5.74, 6) is 3.82. The number of rotatable bonds is 5. The lowest BCUT2D eigenvalue weighted by molar-refractivity contribution is 0.217. The number of nitrogens with zero attached hydrogens (tertiary/aromatic N) is 5. The first-order valence-corrected chi connectivity index (χ1v) is 9.34. The molecule has 0 amide bonds. The minimum Gasteiger partial charge on any atom is -0.497 e. The van der Waals surface area contributed by atoms with Crippen molar-refractivity contribution in [3.05, 3.63) is 42.0 Å². The quantitative estimate of drug-likeness (QED) is 0.690. The molecule has 4 rings (SSSR count). The lowest BCUT2D eigenvalue weighted by Gasteiger charge is -2.28. The molecular weight excluding hydrogens is 342 g/mol. The zero-order valence-corrected chi connectivity index (χ0v) is 16.1. The Morgan fingerprint density at radius 1 is 1.19 bits per heavy atom. The molecule has 1 aliphatic heterocycles. The van der Waals surface area contributed by atoms with Crippen molar-refractivity contribution >= 4 is 0 Å². The maximum atomic E-state index is 5.27. The van der Waals surface area contributed by atoms with Crippen LogP contribution in [0.4, 0.5) is 0 Å². The summed E-state index contributed by atoms with van der Waals surface area (Å²) in [6.07, 6.45) is 4.98. The third-order valence-corrected chi connectivity index (χ3v) is 5.27. The van der Waals surface area contributed by atoms with E-state index >= 15 is 0 Å². The summed E-state index contributed by atoms with van der Waals surface area (Å²) < 4.78 is 12.4. The molecular formula is C20H25N5O2. The Labute approximate surface area is 158 Å². The van der Waals surface area contributed by atoms with Crippen molar-refractivity contribution in [3.8, 4) is 22.8 Å². The highest BCUT2D eigenvalue weighted by Crippen LogP contribution is 2.27. The van der Waals surface area contributed by atoms with Crippen molar-refractivity contribution in [2.75, 3.05) is 27.2 Å². The largest absolute Gasteiger partial charge is 0.497 e. The molecule has 142 valence electrons. The molecule has 0 bridgehead atoms. The Morgan fingerprint density at radius 2 is 1.93 bits per heavy atom. The summed E-state index contributed by atoms with van der Waals surface area (Å²) in [5.41, 5.74) is 1.81. The molecule has 0 N–H and O–H groups in total. The normalized spacial score (nSPS) is 16.0. The van der Waals surface area contributed by atoms with Gasteiger partial charge in [0.2, 0.25) is 0 Å². The molecule has 27 heavy (non-hydrogen) atoms. The number of methoxy groups -OCH3 is 1. The fourth-order valence-electron chi connectivity index (χ4n) is 3.56. The third kappa shape index (κ3) is 3.73. The second kappa shape index (κ2) is 7.52. The van der Waals surface area contributed by atoms with Gasteiger partial charge in [-0.1, -0.05) is 5.16 Å². The van der Waals surface area contributed by atoms with Crippen molar-refractivity contribution in [2.24, 2.45) is 5.92 Å². The van der Waals surface area contributed by atoms with Crippen LogP contribution in [0.15, 0.2) is 35.0 Å². The van der Waals surface area contributed by atoms with E-state index in [0.29, 0.717) is 5.92 Å². The lowest BCUT2D eigenvalue weighted by Crippen LogP contribution is -2.31. The minimum atomic E-state index is 0.629. The highest BCUT2D eigenvalue weighted by Gasteiger charge is 2.22. The highest BCUT2D eigenvalue weighted by molar-refractivity contribution is 5.59. The molecule has 0 spiro atoms. The predicted molar refractivity (Wildman–Crippen MR) is 102 cm³/mol. The minimum absolute atomic E-state index is 0.629. The maximum absolute atomic E-state index is 5.27. The highest BCUT2D eigenvalue weighted by atomic mass is 16.5. The first kappa shape index (κ1) is 17.7. The molecule has 7 heteroatoms. The standard InChI is InChI=1S/C20H25N5O2/c1-14-18(13-21-27-14)20-22-19(12-15-8-10-24(2)11-9-15)23-25(20)16-4-6-17(26-3)7-5-16/h4-7,13,15H,8-12H2,1-3H3. The zero-order valence-electron chi connectivity index (χ0n) is 16.1. The fourth-order valence-corrected chi connectivity index (χ4v) is 3.56. The summed E-state index contributed by atoms with van der Waals surface area (Å²) >= 11 is 0. The van der Waals surface area contributed by atoms with Gasteiger partial charge in [-0.15, -0.1) is 0 Å². The van der Waals surface area contributed by atoms with Crippen molar-refractivity contribution in [2.45, 2.75) is 26.2 Å². The smallest absolute Gasteiger partial charge is 0.168 e. The molecule has 1 fully saturated rings. The first-order valence-electron chi connectivity index (χ1n) is 9.34. The van der Waals surface area contributed by atoms with Gasteiger partial charge in [-0.2, -0.15) is 5.10 Å². The van der Waals surface area contributed by atoms with Crippen LogP contribution in [-0.2, 0) is 6.42 Å². The Balaban J connectivity index is 1.67. The van der Waals surface area contributed by atoms with E-state index < -0.39 is 0 Å². The van der Waals surface area contributed by atoms with E-state index in [1.807, 2.05) is 35.9 Å². The van der Waals surface area contributed by atoms with Crippen LogP contribution in [0.5, 0.6) is 5.75 Å². The number of hydrogen-bond donors (Lipinski definition) is 0. The SMILES string of the molecule is COc1ccc(-n2nc(CC3CCN(C)CC3)nc2-c2cnoc2C)cc1. The number of likely N-dealkylation sites (tertiary alicyclic amines) is 1. The monoisotopic (exact) mass is 367 g/mol. The lowest BCUT2D eigenvalue weighted by atomic mass is 9.94. The second-order valence-electron chi connectivity index (χ2n) is 7.21. The summed E-state index contributed by atoms with van der Waals surface area (Å²) in [4.78, 5) is 7.23. The molecule has 0 atom stereocenters. The van der Waals surface area contributed by atoms with Crippen molar-refractivity contribution in [1.82, 2.24) is 24.8 Å². The third-order valence-electron chi connectivity index (χ3n) is 5.27. The van der Waals surface area contributed by atoms with Crippen LogP contribution in [0.1, 0.15) is 24.4 Å². The Kier molecular flexibility index (Phi) is 4.94. The molecule has 3 heterocycles. The second-order valence-corrected chi connectivity index (χ2v) is 7.21. The molecule has 0 unspecified atom stereocenters. The van der Waals surface area contributed by atoms with Crippen LogP contribution in [0.25, 0.3) is 17.1 Å². The maximum Gasteiger partial charge on any atom is 0.168 e. The van der Waals surface area contributed by atoms with E-state index in [0.717, 1.165) is 53.9 Å². The molecule has 0 aliphatic carbocycles. The van der Waals surface area contributed by atoms with E-state index in [9.17, 15) is 0 Å². The average Bonchev–Trinajstić information content (AvgIpc) is 3.29. The van der Waals surface area contributed by atoms with E-state index in [4.69, 9.17) is 19.3 Å². The van der Waals surface area contributed by atoms with Crippen LogP contribution in [0.3, 0.4) is 0 Å². The fraction of sp³-hybridized carbons (Fsp3) is 0.450. The molecule has 7 nitrogen and oxygen atoms in total. The molecule has 0 radical (unpaired) electrons. The topological polar surface area (TPSA) is 69.2 Å². The molecule has 3 aromatic rings. The Hall–Kier alpha value is -2.67. The summed E-state index contributed by atoms with van der Waals surface area (Å²) in [7, 11) is 3.84. The Bertz CT molecular complexity index is 891. The molecule has 1 aromatic carbocycles. The van der Waals surface area contributed by atoms with Crippen molar-refractivity contribution in [1.29, 1.82) is 0 Å². The Morgan fingerprint density at radius 3 is 2.56 bits per heavy atom. The van der Waals surface area contributed by atoms with Gasteiger partial charge in [-0.25, -0.2) is 9.67 Å². The summed E-state index contributed by atoms with van der Waals surface area (Å²) in [6, 6.07) is 7.83. The molecule has 0 saturated carbocycles. The van der Waals surface area contributed by atoms with Gasteiger partial charge in [0.15, 0.2) is 11.6 Å². The van der Waals surface area contributed by atoms with Crippen LogP contribution in [0, 0.1) is 12.8 Å². The van der Waals surface area contributed by atoms with Gasteiger partial charge in [-0.05, 0) is 70.1 Å². The number of aromatic nitrogens is 4. The van der Waals surface area contributed by atoms with Gasteiger partial charge in [0.1, 0.15) is 11.5 Å². The number of hydrogen-bond acceptors (Lipinski definition) is 6. The van der Waals surface area contributed by atoms with Gasteiger partial charge in [0.05, 0.1) is 24.6 Å². The molecule has 1 aliphatic rings. The van der Waals surface area contributed by atoms with Crippen LogP contribution in [-0.4, -0.2) is 52.1 Å². The number of benzene rings is 1. The van der Waals surface area contributed by atoms with Crippen LogP contribution >= 0.6 is 0 Å². The first-order chi connectivity index (χ1) is 13.1. The molecule has 2 aromatic heterocycles. The van der Waals surface area contributed by atoms with Crippen molar-refractivity contribution < 1.29 is 9.26 Å². The summed E-state index contributed by atoms with van der Waals surface area (Å²) in [5, 5.41) is 8.74. The zero-order chi connectivity index (χ0) is 18.8. The predicted octanol–water partition coefficient (Wildman–Crippen LogP) is 3.12. The number of ether oxygens (including phenoxy) is 1. The van der Waals surface area contributed by atoms with E-state index in [1.54, 1.807) is 13.3 Å². The average molecular weight is 367 g/mol. The van der Waals surface area contributed by atoms with Crippen LogP contribution < -0.4 is 4.74 Å². The van der Waals surface area contributed by atoms with Crippen LogP contribution in [0.2, 0.25) is 0 Å². The van der Waals surface area contributed by atoms with Crippen molar-refractivity contribution in [3.63, 3.8) is 0 Å². The van der Waals surface area contributed by atoms with E-state index in [1.165, 1.54) is 12.8 Å². The van der Waals surface area contributed by atoms with Gasteiger partial charge in [0, 0.05) is 6.42 Å². The number of aryl methyl sites for hydroxylation is 1. The molecule has 1 saturated heterocycles. The van der Waals surface area contributed by atoms with Gasteiger partial charge < -0.3 is 14.2 Å². The van der Waals surface area contributed by atoms with Gasteiger partial charge in [-0.3, -0.25) is 0 Å². The van der Waals surface area contributed by atoms with E-state index in [-0.39, 0.29) is 0 Å².